The van der Waals surface area contributed by atoms with Crippen LogP contribution in [0.2, 0.25) is 0 Å². The van der Waals surface area contributed by atoms with Crippen LogP contribution in [0.1, 0.15) is 18.1 Å². The maximum absolute atomic E-state index is 5.72. The van der Waals surface area contributed by atoms with E-state index in [1.165, 1.54) is 11.9 Å². The third-order valence-electron chi connectivity index (χ3n) is 2.79. The number of nitrogens with one attached hydrogen (secondary N) is 1. The molecule has 0 spiro atoms. The van der Waals surface area contributed by atoms with Gasteiger partial charge in [-0.05, 0) is 26.0 Å². The van der Waals surface area contributed by atoms with E-state index < -0.39 is 0 Å². The average Bonchev–Trinajstić information content (AvgIpc) is 2.45. The predicted molar refractivity (Wildman–Crippen MR) is 75.0 cm³/mol. The molecule has 2 rings (SSSR count). The van der Waals surface area contributed by atoms with Crippen molar-refractivity contribution in [1.29, 1.82) is 0 Å². The van der Waals surface area contributed by atoms with E-state index in [0.717, 1.165) is 17.9 Å². The molecule has 4 nitrogen and oxygen atoms in total. The van der Waals surface area contributed by atoms with Crippen molar-refractivity contribution in [3.05, 3.63) is 54.1 Å². The molecule has 0 bridgehead atoms. The minimum absolute atomic E-state index is 0.265. The number of rotatable bonds is 6. The van der Waals surface area contributed by atoms with Gasteiger partial charge in [-0.3, -0.25) is 0 Å². The molecule has 0 fully saturated rings. The lowest BCUT2D eigenvalue weighted by atomic mass is 10.2. The van der Waals surface area contributed by atoms with E-state index in [1.54, 1.807) is 0 Å². The van der Waals surface area contributed by atoms with Crippen LogP contribution in [-0.4, -0.2) is 22.6 Å². The number of hydrogen-bond donors (Lipinski definition) is 1. The van der Waals surface area contributed by atoms with Gasteiger partial charge < -0.3 is 10.1 Å². The van der Waals surface area contributed by atoms with Crippen LogP contribution >= 0.6 is 0 Å². The first-order valence-electron chi connectivity index (χ1n) is 6.41. The van der Waals surface area contributed by atoms with Gasteiger partial charge in [0.2, 0.25) is 0 Å². The van der Waals surface area contributed by atoms with Crippen LogP contribution in [0.25, 0.3) is 0 Å². The maximum atomic E-state index is 5.72. The number of aryl methyl sites for hydroxylation is 1. The second kappa shape index (κ2) is 6.85. The van der Waals surface area contributed by atoms with E-state index in [9.17, 15) is 0 Å². The van der Waals surface area contributed by atoms with Gasteiger partial charge in [-0.15, -0.1) is 0 Å². The molecule has 0 aliphatic heterocycles. The highest BCUT2D eigenvalue weighted by Gasteiger charge is 2.03. The Balaban J connectivity index is 1.72. The highest BCUT2D eigenvalue weighted by atomic mass is 16.5. The third-order valence-corrected chi connectivity index (χ3v) is 2.79. The van der Waals surface area contributed by atoms with E-state index >= 15 is 0 Å². The molecule has 1 aromatic heterocycles. The average molecular weight is 257 g/mol. The fourth-order valence-corrected chi connectivity index (χ4v) is 1.63. The molecule has 19 heavy (non-hydrogen) atoms. The molecule has 0 aliphatic rings. The summed E-state index contributed by atoms with van der Waals surface area (Å²) in [6, 6.07) is 8.35. The van der Waals surface area contributed by atoms with Gasteiger partial charge in [0, 0.05) is 30.5 Å². The molecule has 0 radical (unpaired) electrons. The Morgan fingerprint density at radius 1 is 1.16 bits per heavy atom. The van der Waals surface area contributed by atoms with Crippen molar-refractivity contribution in [3.8, 4) is 5.75 Å². The van der Waals surface area contributed by atoms with Gasteiger partial charge in [-0.25, -0.2) is 9.97 Å². The van der Waals surface area contributed by atoms with Crippen molar-refractivity contribution in [2.24, 2.45) is 0 Å². The highest BCUT2D eigenvalue weighted by molar-refractivity contribution is 5.26. The van der Waals surface area contributed by atoms with Crippen LogP contribution in [0.4, 0.5) is 0 Å². The molecule has 2 aromatic rings. The zero-order chi connectivity index (χ0) is 13.5. The van der Waals surface area contributed by atoms with Crippen molar-refractivity contribution in [2.45, 2.75) is 26.4 Å². The molecular formula is C15H19N3O. The Labute approximate surface area is 113 Å². The Hall–Kier alpha value is -1.94. The van der Waals surface area contributed by atoms with Crippen molar-refractivity contribution >= 4 is 0 Å². The molecule has 1 atom stereocenters. The second-order valence-corrected chi connectivity index (χ2v) is 4.65. The van der Waals surface area contributed by atoms with Crippen LogP contribution in [0.15, 0.2) is 43.0 Å². The Kier molecular flexibility index (Phi) is 4.86. The first-order valence-corrected chi connectivity index (χ1v) is 6.41. The first-order chi connectivity index (χ1) is 9.24. The molecule has 100 valence electrons. The zero-order valence-corrected chi connectivity index (χ0v) is 11.3. The molecule has 0 saturated heterocycles. The molecule has 1 aromatic carbocycles. The monoisotopic (exact) mass is 257 g/mol. The second-order valence-electron chi connectivity index (χ2n) is 4.65. The minimum atomic E-state index is 0.265. The topological polar surface area (TPSA) is 47.0 Å². The van der Waals surface area contributed by atoms with E-state index in [-0.39, 0.29) is 6.04 Å². The fourth-order valence-electron chi connectivity index (χ4n) is 1.63. The van der Waals surface area contributed by atoms with E-state index in [0.29, 0.717) is 6.61 Å². The summed E-state index contributed by atoms with van der Waals surface area (Å²) >= 11 is 0. The SMILES string of the molecule is Cc1ccc(OCC(C)NCc2cncnc2)cc1. The summed E-state index contributed by atoms with van der Waals surface area (Å²) in [4.78, 5) is 7.96. The largest absolute Gasteiger partial charge is 0.492 e. The fraction of sp³-hybridized carbons (Fsp3) is 0.333. The third kappa shape index (κ3) is 4.67. The van der Waals surface area contributed by atoms with E-state index in [4.69, 9.17) is 4.74 Å². The molecule has 1 unspecified atom stereocenters. The molecule has 4 heteroatoms. The van der Waals surface area contributed by atoms with Gasteiger partial charge in [0.1, 0.15) is 18.7 Å². The van der Waals surface area contributed by atoms with Gasteiger partial charge in [-0.2, -0.15) is 0 Å². The minimum Gasteiger partial charge on any atom is -0.492 e. The van der Waals surface area contributed by atoms with Gasteiger partial charge in [0.25, 0.3) is 0 Å². The maximum Gasteiger partial charge on any atom is 0.119 e. The molecule has 1 heterocycles. The normalized spacial score (nSPS) is 12.1. The molecule has 0 amide bonds. The van der Waals surface area contributed by atoms with Crippen LogP contribution in [0, 0.1) is 6.92 Å². The number of nitrogens with zero attached hydrogens (tertiary/aromatic N) is 2. The van der Waals surface area contributed by atoms with Gasteiger partial charge >= 0.3 is 0 Å². The quantitative estimate of drug-likeness (QED) is 0.863. The first kappa shape index (κ1) is 13.5. The van der Waals surface area contributed by atoms with Crippen LogP contribution in [0.3, 0.4) is 0 Å². The van der Waals surface area contributed by atoms with E-state index in [1.807, 2.05) is 24.5 Å². The Bertz CT molecular complexity index is 485. The Morgan fingerprint density at radius 2 is 1.84 bits per heavy atom. The van der Waals surface area contributed by atoms with Gasteiger partial charge in [-0.1, -0.05) is 17.7 Å². The standard InChI is InChI=1S/C15H19N3O/c1-12-3-5-15(6-4-12)19-10-13(2)18-9-14-7-16-11-17-8-14/h3-8,11,13,18H,9-10H2,1-2H3. The number of hydrogen-bond acceptors (Lipinski definition) is 4. The van der Waals surface area contributed by atoms with E-state index in [2.05, 4.69) is 41.3 Å². The zero-order valence-electron chi connectivity index (χ0n) is 11.3. The van der Waals surface area contributed by atoms with Crippen molar-refractivity contribution in [2.75, 3.05) is 6.61 Å². The predicted octanol–water partition coefficient (Wildman–Crippen LogP) is 2.34. The van der Waals surface area contributed by atoms with Crippen LogP contribution in [0.5, 0.6) is 5.75 Å². The lowest BCUT2D eigenvalue weighted by molar-refractivity contribution is 0.272. The summed E-state index contributed by atoms with van der Waals surface area (Å²) in [6.07, 6.45) is 5.16. The van der Waals surface area contributed by atoms with Gasteiger partial charge in [0.15, 0.2) is 0 Å². The van der Waals surface area contributed by atoms with Crippen LogP contribution < -0.4 is 10.1 Å². The summed E-state index contributed by atoms with van der Waals surface area (Å²) in [5.41, 5.74) is 2.31. The summed E-state index contributed by atoms with van der Waals surface area (Å²) in [7, 11) is 0. The molecule has 0 saturated carbocycles. The highest BCUT2D eigenvalue weighted by Crippen LogP contribution is 2.11. The van der Waals surface area contributed by atoms with Crippen molar-refractivity contribution < 1.29 is 4.74 Å². The number of aromatic nitrogens is 2. The van der Waals surface area contributed by atoms with Crippen molar-refractivity contribution in [1.82, 2.24) is 15.3 Å². The summed E-state index contributed by atoms with van der Waals surface area (Å²) in [6.45, 7) is 5.55. The van der Waals surface area contributed by atoms with Crippen LogP contribution in [-0.2, 0) is 6.54 Å². The lowest BCUT2D eigenvalue weighted by Crippen LogP contribution is -2.31. The Morgan fingerprint density at radius 3 is 2.53 bits per heavy atom. The molecule has 0 aliphatic carbocycles. The molecular weight excluding hydrogens is 238 g/mol. The molecule has 1 N–H and O–H groups in total. The number of benzene rings is 1. The summed E-state index contributed by atoms with van der Waals surface area (Å²) in [5.74, 6) is 0.905. The lowest BCUT2D eigenvalue weighted by Gasteiger charge is -2.14. The summed E-state index contributed by atoms with van der Waals surface area (Å²) in [5, 5.41) is 3.38. The van der Waals surface area contributed by atoms with Gasteiger partial charge in [0.05, 0.1) is 0 Å². The van der Waals surface area contributed by atoms with Crippen molar-refractivity contribution in [3.63, 3.8) is 0 Å². The smallest absolute Gasteiger partial charge is 0.119 e. The number of ether oxygens (including phenoxy) is 1. The summed E-state index contributed by atoms with van der Waals surface area (Å²) < 4.78 is 5.72.